The van der Waals surface area contributed by atoms with Gasteiger partial charge < -0.3 is 9.64 Å². The zero-order chi connectivity index (χ0) is 21.4. The first kappa shape index (κ1) is 21.9. The number of amides is 1. The van der Waals surface area contributed by atoms with E-state index in [1.165, 1.54) is 11.6 Å². The lowest BCUT2D eigenvalue weighted by Crippen LogP contribution is -2.40. The van der Waals surface area contributed by atoms with E-state index in [1.807, 2.05) is 74.5 Å². The van der Waals surface area contributed by atoms with Crippen molar-refractivity contribution in [2.45, 2.75) is 39.7 Å². The number of esters is 1. The summed E-state index contributed by atoms with van der Waals surface area (Å²) < 4.78 is 5.12. The Kier molecular flexibility index (Phi) is 7.73. The minimum Gasteiger partial charge on any atom is -0.451 e. The molecule has 5 nitrogen and oxygen atoms in total. The monoisotopic (exact) mass is 390 g/mol. The normalized spacial score (nSPS) is 11.3. The van der Waals surface area contributed by atoms with Crippen LogP contribution in [0.4, 0.5) is 5.69 Å². The van der Waals surface area contributed by atoms with Gasteiger partial charge in [-0.05, 0) is 49.1 Å². The number of hydrogen-bond acceptors (Lipinski definition) is 4. The first-order valence-corrected chi connectivity index (χ1v) is 9.59. The molecule has 2 aromatic carbocycles. The van der Waals surface area contributed by atoms with Gasteiger partial charge >= 0.3 is 5.97 Å². The molecule has 0 unspecified atom stereocenters. The Morgan fingerprint density at radius 3 is 2.17 bits per heavy atom. The molecule has 0 aliphatic carbocycles. The minimum atomic E-state index is -0.814. The van der Waals surface area contributed by atoms with E-state index in [4.69, 9.17) is 4.74 Å². The van der Waals surface area contributed by atoms with Crippen molar-refractivity contribution in [2.24, 2.45) is 0 Å². The van der Waals surface area contributed by atoms with Gasteiger partial charge in [0.1, 0.15) is 11.6 Å². The molecule has 0 saturated heterocycles. The standard InChI is InChI=1S/C24H26N2O3/c1-17(2)20-12-10-19(11-13-20)14-21(15-25)24(28)29-16-23(27)26(18(3)4)22-8-6-5-7-9-22/h5-14,17-18H,16H2,1-4H3/b21-14+. The summed E-state index contributed by atoms with van der Waals surface area (Å²) in [7, 11) is 0. The third-order valence-electron chi connectivity index (χ3n) is 4.40. The second kappa shape index (κ2) is 10.2. The summed E-state index contributed by atoms with van der Waals surface area (Å²) in [4.78, 5) is 26.5. The molecule has 0 bridgehead atoms. The zero-order valence-corrected chi connectivity index (χ0v) is 17.3. The lowest BCUT2D eigenvalue weighted by atomic mass is 10.0. The van der Waals surface area contributed by atoms with Crippen LogP contribution in [0.2, 0.25) is 0 Å². The molecular formula is C24H26N2O3. The van der Waals surface area contributed by atoms with Gasteiger partial charge in [0, 0.05) is 11.7 Å². The third-order valence-corrected chi connectivity index (χ3v) is 4.40. The highest BCUT2D eigenvalue weighted by Crippen LogP contribution is 2.18. The number of nitrogens with zero attached hydrogens (tertiary/aromatic N) is 2. The second-order valence-corrected chi connectivity index (χ2v) is 7.26. The highest BCUT2D eigenvalue weighted by Gasteiger charge is 2.21. The van der Waals surface area contributed by atoms with Crippen LogP contribution in [0.1, 0.15) is 44.7 Å². The van der Waals surface area contributed by atoms with Crippen molar-refractivity contribution < 1.29 is 14.3 Å². The number of nitriles is 1. The molecule has 0 atom stereocenters. The van der Waals surface area contributed by atoms with Crippen molar-refractivity contribution >= 4 is 23.6 Å². The molecule has 29 heavy (non-hydrogen) atoms. The third kappa shape index (κ3) is 6.05. The van der Waals surface area contributed by atoms with E-state index in [-0.39, 0.29) is 17.5 Å². The van der Waals surface area contributed by atoms with Crippen LogP contribution in [0.5, 0.6) is 0 Å². The van der Waals surface area contributed by atoms with Gasteiger partial charge in [0.25, 0.3) is 5.91 Å². The van der Waals surface area contributed by atoms with E-state index in [9.17, 15) is 14.9 Å². The van der Waals surface area contributed by atoms with Crippen LogP contribution in [-0.4, -0.2) is 24.5 Å². The van der Waals surface area contributed by atoms with Crippen LogP contribution >= 0.6 is 0 Å². The number of carbonyl (C=O) groups is 2. The Morgan fingerprint density at radius 2 is 1.66 bits per heavy atom. The highest BCUT2D eigenvalue weighted by atomic mass is 16.5. The van der Waals surface area contributed by atoms with Crippen LogP contribution in [0.15, 0.2) is 60.2 Å². The van der Waals surface area contributed by atoms with Gasteiger partial charge in [0.2, 0.25) is 0 Å². The smallest absolute Gasteiger partial charge is 0.349 e. The first-order chi connectivity index (χ1) is 13.8. The van der Waals surface area contributed by atoms with Gasteiger partial charge in [-0.15, -0.1) is 0 Å². The quantitative estimate of drug-likeness (QED) is 0.390. The Bertz CT molecular complexity index is 907. The first-order valence-electron chi connectivity index (χ1n) is 9.59. The van der Waals surface area contributed by atoms with Crippen molar-refractivity contribution in [3.05, 3.63) is 71.3 Å². The minimum absolute atomic E-state index is 0.103. The summed E-state index contributed by atoms with van der Waals surface area (Å²) in [6.45, 7) is 7.52. The Hall–Kier alpha value is -3.39. The fourth-order valence-corrected chi connectivity index (χ4v) is 2.87. The summed E-state index contributed by atoms with van der Waals surface area (Å²) >= 11 is 0. The number of rotatable bonds is 7. The van der Waals surface area contributed by atoms with E-state index in [2.05, 4.69) is 13.8 Å². The van der Waals surface area contributed by atoms with Crippen molar-refractivity contribution in [3.8, 4) is 6.07 Å². The van der Waals surface area contributed by atoms with Crippen molar-refractivity contribution in [3.63, 3.8) is 0 Å². The molecule has 0 N–H and O–H groups in total. The number of hydrogen-bond donors (Lipinski definition) is 0. The Balaban J connectivity index is 2.07. The van der Waals surface area contributed by atoms with Crippen molar-refractivity contribution in [2.75, 3.05) is 11.5 Å². The van der Waals surface area contributed by atoms with Crippen molar-refractivity contribution in [1.82, 2.24) is 0 Å². The van der Waals surface area contributed by atoms with E-state index in [0.717, 1.165) is 11.3 Å². The topological polar surface area (TPSA) is 70.4 Å². The van der Waals surface area contributed by atoms with Crippen LogP contribution < -0.4 is 4.90 Å². The van der Waals surface area contributed by atoms with Gasteiger partial charge in [0.15, 0.2) is 6.61 Å². The highest BCUT2D eigenvalue weighted by molar-refractivity contribution is 6.00. The molecule has 0 radical (unpaired) electrons. The molecule has 0 aliphatic rings. The average Bonchev–Trinajstić information content (AvgIpc) is 2.71. The lowest BCUT2D eigenvalue weighted by molar-refractivity contribution is -0.143. The number of para-hydroxylation sites is 1. The fourth-order valence-electron chi connectivity index (χ4n) is 2.87. The van der Waals surface area contributed by atoms with Crippen LogP contribution in [0.3, 0.4) is 0 Å². The zero-order valence-electron chi connectivity index (χ0n) is 17.3. The van der Waals surface area contributed by atoms with Crippen LogP contribution in [0.25, 0.3) is 6.08 Å². The SMILES string of the molecule is CC(C)c1ccc(/C=C(\C#N)C(=O)OCC(=O)N(c2ccccc2)C(C)C)cc1. The maximum absolute atomic E-state index is 12.6. The molecule has 0 fully saturated rings. The van der Waals surface area contributed by atoms with Gasteiger partial charge in [-0.3, -0.25) is 4.79 Å². The summed E-state index contributed by atoms with van der Waals surface area (Å²) in [5.74, 6) is -0.767. The fraction of sp³-hybridized carbons (Fsp3) is 0.292. The molecule has 2 rings (SSSR count). The maximum Gasteiger partial charge on any atom is 0.349 e. The number of carbonyl (C=O) groups excluding carboxylic acids is 2. The van der Waals surface area contributed by atoms with Gasteiger partial charge in [-0.1, -0.05) is 56.3 Å². The molecule has 0 aromatic heterocycles. The molecule has 150 valence electrons. The number of ether oxygens (including phenoxy) is 1. The molecule has 0 spiro atoms. The largest absolute Gasteiger partial charge is 0.451 e. The van der Waals surface area contributed by atoms with E-state index >= 15 is 0 Å². The van der Waals surface area contributed by atoms with Gasteiger partial charge in [-0.2, -0.15) is 5.26 Å². The average molecular weight is 390 g/mol. The van der Waals surface area contributed by atoms with E-state index in [0.29, 0.717) is 5.92 Å². The van der Waals surface area contributed by atoms with Gasteiger partial charge in [-0.25, -0.2) is 4.79 Å². The molecule has 5 heteroatoms. The number of anilines is 1. The molecule has 0 saturated carbocycles. The molecule has 0 heterocycles. The Labute approximate surface area is 172 Å². The van der Waals surface area contributed by atoms with Crippen LogP contribution in [-0.2, 0) is 14.3 Å². The summed E-state index contributed by atoms with van der Waals surface area (Å²) in [6.07, 6.45) is 1.47. The predicted octanol–water partition coefficient (Wildman–Crippen LogP) is 4.70. The van der Waals surface area contributed by atoms with Gasteiger partial charge in [0.05, 0.1) is 0 Å². The summed E-state index contributed by atoms with van der Waals surface area (Å²) in [5.41, 5.74) is 2.47. The molecular weight excluding hydrogens is 364 g/mol. The molecule has 2 aromatic rings. The molecule has 1 amide bonds. The maximum atomic E-state index is 12.6. The van der Waals surface area contributed by atoms with Crippen LogP contribution in [0, 0.1) is 11.3 Å². The van der Waals surface area contributed by atoms with Crippen molar-refractivity contribution in [1.29, 1.82) is 5.26 Å². The van der Waals surface area contributed by atoms with E-state index in [1.54, 1.807) is 4.90 Å². The summed E-state index contributed by atoms with van der Waals surface area (Å²) in [6, 6.07) is 18.6. The summed E-state index contributed by atoms with van der Waals surface area (Å²) in [5, 5.41) is 9.33. The lowest BCUT2D eigenvalue weighted by Gasteiger charge is -2.26. The Morgan fingerprint density at radius 1 is 1.03 bits per heavy atom. The predicted molar refractivity (Wildman–Crippen MR) is 114 cm³/mol. The molecule has 0 aliphatic heterocycles. The van der Waals surface area contributed by atoms with E-state index < -0.39 is 12.6 Å². The second-order valence-electron chi connectivity index (χ2n) is 7.26. The number of benzene rings is 2.